The molecule has 0 heterocycles. The van der Waals surface area contributed by atoms with Crippen LogP contribution in [-0.4, -0.2) is 29.5 Å². The Morgan fingerprint density at radius 3 is 2.25 bits per heavy atom. The first-order valence-corrected chi connectivity index (χ1v) is 5.91. The van der Waals surface area contributed by atoms with Crippen molar-refractivity contribution < 1.29 is 24.0 Å². The van der Waals surface area contributed by atoms with E-state index in [4.69, 9.17) is 4.74 Å². The number of nitro groups is 1. The highest BCUT2D eigenvalue weighted by Crippen LogP contribution is 2.23. The number of esters is 2. The van der Waals surface area contributed by atoms with E-state index in [1.54, 1.807) is 30.3 Å². The minimum Gasteiger partial charge on any atom is -0.458 e. The van der Waals surface area contributed by atoms with Crippen LogP contribution in [0.25, 0.3) is 0 Å². The summed E-state index contributed by atoms with van der Waals surface area (Å²) in [6.07, 6.45) is -1.11. The van der Waals surface area contributed by atoms with Gasteiger partial charge >= 0.3 is 11.9 Å². The molecule has 0 aromatic heterocycles. The molecular weight excluding hydrogens is 266 g/mol. The average Bonchev–Trinajstić information content (AvgIpc) is 2.37. The summed E-state index contributed by atoms with van der Waals surface area (Å²) in [7, 11) is 0. The Morgan fingerprint density at radius 2 is 1.80 bits per heavy atom. The Bertz CT molecular complexity index is 487. The van der Waals surface area contributed by atoms with Gasteiger partial charge in [0.15, 0.2) is 12.7 Å². The molecule has 0 bridgehead atoms. The predicted octanol–water partition coefficient (Wildman–Crippen LogP) is 1.50. The Kier molecular flexibility index (Phi) is 5.64. The summed E-state index contributed by atoms with van der Waals surface area (Å²) in [4.78, 5) is 32.4. The van der Waals surface area contributed by atoms with E-state index in [1.165, 1.54) is 6.92 Å². The molecule has 0 saturated carbocycles. The van der Waals surface area contributed by atoms with Crippen LogP contribution in [0.1, 0.15) is 25.5 Å². The Hall–Kier alpha value is -2.44. The second-order valence-electron chi connectivity index (χ2n) is 4.10. The van der Waals surface area contributed by atoms with Crippen molar-refractivity contribution in [1.82, 2.24) is 0 Å². The van der Waals surface area contributed by atoms with Crippen molar-refractivity contribution in [3.63, 3.8) is 0 Å². The van der Waals surface area contributed by atoms with Crippen molar-refractivity contribution in [1.29, 1.82) is 0 Å². The van der Waals surface area contributed by atoms with Gasteiger partial charge in [-0.05, 0) is 5.56 Å². The van der Waals surface area contributed by atoms with Crippen molar-refractivity contribution in [2.45, 2.75) is 26.0 Å². The van der Waals surface area contributed by atoms with Crippen molar-refractivity contribution >= 4 is 11.9 Å². The van der Waals surface area contributed by atoms with E-state index < -0.39 is 35.6 Å². The molecule has 0 amide bonds. The van der Waals surface area contributed by atoms with E-state index in [1.807, 2.05) is 0 Å². The summed E-state index contributed by atoms with van der Waals surface area (Å²) in [5.74, 6) is -1.28. The number of hydrogen-bond acceptors (Lipinski definition) is 6. The minimum absolute atomic E-state index is 0.463. The quantitative estimate of drug-likeness (QED) is 0.445. The topological polar surface area (TPSA) is 95.7 Å². The lowest BCUT2D eigenvalue weighted by Gasteiger charge is -2.20. The van der Waals surface area contributed by atoms with Crippen LogP contribution in [0.15, 0.2) is 30.3 Å². The molecule has 0 saturated heterocycles. The van der Waals surface area contributed by atoms with E-state index in [9.17, 15) is 19.7 Å². The van der Waals surface area contributed by atoms with Gasteiger partial charge < -0.3 is 9.47 Å². The monoisotopic (exact) mass is 281 g/mol. The van der Waals surface area contributed by atoms with Crippen LogP contribution >= 0.6 is 0 Å². The highest BCUT2D eigenvalue weighted by molar-refractivity contribution is 5.66. The second-order valence-corrected chi connectivity index (χ2v) is 4.10. The molecule has 0 aliphatic carbocycles. The zero-order chi connectivity index (χ0) is 15.1. The fourth-order valence-corrected chi connectivity index (χ4v) is 1.65. The minimum atomic E-state index is -1.36. The Labute approximate surface area is 115 Å². The second kappa shape index (κ2) is 7.22. The van der Waals surface area contributed by atoms with Gasteiger partial charge in [0.05, 0.1) is 0 Å². The fourth-order valence-electron chi connectivity index (χ4n) is 1.65. The highest BCUT2D eigenvalue weighted by Gasteiger charge is 2.36. The zero-order valence-corrected chi connectivity index (χ0v) is 11.1. The third-order valence-electron chi connectivity index (χ3n) is 2.50. The molecule has 1 aromatic carbocycles. The predicted molar refractivity (Wildman–Crippen MR) is 68.4 cm³/mol. The van der Waals surface area contributed by atoms with Crippen LogP contribution < -0.4 is 0 Å². The number of carbonyl (C=O) groups excluding carboxylic acids is 2. The summed E-state index contributed by atoms with van der Waals surface area (Å²) in [5.41, 5.74) is 0.469. The van der Waals surface area contributed by atoms with E-state index >= 15 is 0 Å². The van der Waals surface area contributed by atoms with Crippen LogP contribution in [0.2, 0.25) is 0 Å². The first-order valence-electron chi connectivity index (χ1n) is 5.91. The van der Waals surface area contributed by atoms with Gasteiger partial charge in [0.1, 0.15) is 0 Å². The smallest absolute Gasteiger partial charge is 0.303 e. The van der Waals surface area contributed by atoms with Crippen molar-refractivity contribution in [3.8, 4) is 0 Å². The SMILES string of the molecule is CC(=O)OC[C@H]([C@@H](OC(C)=O)c1ccccc1)[N+](=O)[O-]. The number of rotatable bonds is 6. The van der Waals surface area contributed by atoms with Gasteiger partial charge in [0.2, 0.25) is 0 Å². The molecule has 20 heavy (non-hydrogen) atoms. The molecule has 0 radical (unpaired) electrons. The first-order chi connectivity index (χ1) is 9.41. The lowest BCUT2D eigenvalue weighted by Crippen LogP contribution is -2.35. The van der Waals surface area contributed by atoms with Gasteiger partial charge in [-0.15, -0.1) is 0 Å². The first kappa shape index (κ1) is 15.6. The van der Waals surface area contributed by atoms with Crippen LogP contribution in [0, 0.1) is 10.1 Å². The van der Waals surface area contributed by atoms with Crippen LogP contribution in [0.5, 0.6) is 0 Å². The van der Waals surface area contributed by atoms with Crippen molar-refractivity contribution in [2.24, 2.45) is 0 Å². The summed E-state index contributed by atoms with van der Waals surface area (Å²) >= 11 is 0. The maximum atomic E-state index is 11.1. The standard InChI is InChI=1S/C13H15NO6/c1-9(15)19-8-12(14(17)18)13(20-10(2)16)11-6-4-3-5-7-11/h3-7,12-13H,8H2,1-2H3/t12-,13+/m1/s1. The maximum absolute atomic E-state index is 11.1. The third kappa shape index (κ3) is 4.68. The summed E-state index contributed by atoms with van der Waals surface area (Å²) in [6.45, 7) is 1.86. The molecular formula is C13H15NO6. The summed E-state index contributed by atoms with van der Waals surface area (Å²) < 4.78 is 9.70. The van der Waals surface area contributed by atoms with E-state index in [-0.39, 0.29) is 0 Å². The van der Waals surface area contributed by atoms with Gasteiger partial charge in [-0.1, -0.05) is 30.3 Å². The van der Waals surface area contributed by atoms with Gasteiger partial charge in [-0.25, -0.2) is 0 Å². The van der Waals surface area contributed by atoms with Gasteiger partial charge in [0, 0.05) is 18.8 Å². The van der Waals surface area contributed by atoms with E-state index in [0.717, 1.165) is 6.92 Å². The molecule has 0 unspecified atom stereocenters. The number of nitrogens with zero attached hydrogens (tertiary/aromatic N) is 1. The molecule has 0 spiro atoms. The average molecular weight is 281 g/mol. The van der Waals surface area contributed by atoms with Gasteiger partial charge in [-0.3, -0.25) is 19.7 Å². The lowest BCUT2D eigenvalue weighted by atomic mass is 10.0. The molecule has 0 fully saturated rings. The lowest BCUT2D eigenvalue weighted by molar-refractivity contribution is -0.538. The van der Waals surface area contributed by atoms with Crippen molar-refractivity contribution in [3.05, 3.63) is 46.0 Å². The molecule has 1 rings (SSSR count). The van der Waals surface area contributed by atoms with E-state index in [0.29, 0.717) is 5.56 Å². The van der Waals surface area contributed by atoms with Crippen LogP contribution in [-0.2, 0) is 19.1 Å². The summed E-state index contributed by atoms with van der Waals surface area (Å²) in [5, 5.41) is 11.1. The highest BCUT2D eigenvalue weighted by atomic mass is 16.6. The van der Waals surface area contributed by atoms with Crippen molar-refractivity contribution in [2.75, 3.05) is 6.61 Å². The van der Waals surface area contributed by atoms with Crippen LogP contribution in [0.3, 0.4) is 0 Å². The number of hydrogen-bond donors (Lipinski definition) is 0. The van der Waals surface area contributed by atoms with Crippen LogP contribution in [0.4, 0.5) is 0 Å². The molecule has 1 aromatic rings. The van der Waals surface area contributed by atoms with Gasteiger partial charge in [0.25, 0.3) is 6.04 Å². The number of benzene rings is 1. The molecule has 7 heteroatoms. The molecule has 0 aliphatic rings. The molecule has 7 nitrogen and oxygen atoms in total. The zero-order valence-electron chi connectivity index (χ0n) is 11.1. The third-order valence-corrected chi connectivity index (χ3v) is 2.50. The largest absolute Gasteiger partial charge is 0.458 e. The number of ether oxygens (including phenoxy) is 2. The fraction of sp³-hybridized carbons (Fsp3) is 0.385. The Morgan fingerprint density at radius 1 is 1.20 bits per heavy atom. The normalized spacial score (nSPS) is 13.1. The molecule has 108 valence electrons. The molecule has 0 N–H and O–H groups in total. The van der Waals surface area contributed by atoms with Gasteiger partial charge in [-0.2, -0.15) is 0 Å². The number of carbonyl (C=O) groups is 2. The summed E-state index contributed by atoms with van der Waals surface area (Å²) in [6, 6.07) is 6.95. The molecule has 0 aliphatic heterocycles. The Balaban J connectivity index is 3.01. The molecule has 2 atom stereocenters. The maximum Gasteiger partial charge on any atom is 0.303 e. The van der Waals surface area contributed by atoms with E-state index in [2.05, 4.69) is 4.74 Å².